The first-order valence-corrected chi connectivity index (χ1v) is 7.36. The van der Waals surface area contributed by atoms with Crippen LogP contribution in [0.25, 0.3) is 0 Å². The third-order valence-corrected chi connectivity index (χ3v) is 3.52. The number of carbonyl (C=O) groups excluding carboxylic acids is 1. The van der Waals surface area contributed by atoms with Gasteiger partial charge in [-0.15, -0.1) is 0 Å². The first-order chi connectivity index (χ1) is 9.95. The fraction of sp³-hybridized carbons (Fsp3) is 0.600. The number of piperazine rings is 1. The molecular formula is C15H23FN4O. The molecule has 1 amide bonds. The fourth-order valence-electron chi connectivity index (χ4n) is 2.65. The second-order valence-electron chi connectivity index (χ2n) is 5.82. The van der Waals surface area contributed by atoms with Crippen molar-refractivity contribution in [3.63, 3.8) is 0 Å². The number of carbonyl (C=O) groups is 1. The average Bonchev–Trinajstić information content (AvgIpc) is 2.37. The molecule has 21 heavy (non-hydrogen) atoms. The number of aromatic nitrogens is 1. The second kappa shape index (κ2) is 6.85. The highest BCUT2D eigenvalue weighted by molar-refractivity contribution is 5.78. The summed E-state index contributed by atoms with van der Waals surface area (Å²) in [5.74, 6) is 0.252. The van der Waals surface area contributed by atoms with Gasteiger partial charge in [0.15, 0.2) is 0 Å². The van der Waals surface area contributed by atoms with E-state index in [2.05, 4.69) is 27.0 Å². The van der Waals surface area contributed by atoms with Crippen molar-refractivity contribution in [2.75, 3.05) is 31.1 Å². The van der Waals surface area contributed by atoms with Crippen LogP contribution in [0.4, 0.5) is 10.2 Å². The summed E-state index contributed by atoms with van der Waals surface area (Å²) in [6.07, 6.45) is 0. The van der Waals surface area contributed by atoms with Gasteiger partial charge in [0.2, 0.25) is 11.9 Å². The molecule has 6 heteroatoms. The Morgan fingerprint density at radius 3 is 2.86 bits per heavy atom. The maximum absolute atomic E-state index is 13.2. The largest absolute Gasteiger partial charge is 0.353 e. The molecule has 116 valence electrons. The molecule has 5 nitrogen and oxygen atoms in total. The topological polar surface area (TPSA) is 48.5 Å². The van der Waals surface area contributed by atoms with Gasteiger partial charge in [0.05, 0.1) is 6.54 Å². The maximum Gasteiger partial charge on any atom is 0.234 e. The Balaban J connectivity index is 1.91. The average molecular weight is 294 g/mol. The molecule has 1 saturated heterocycles. The van der Waals surface area contributed by atoms with Crippen LogP contribution in [0.2, 0.25) is 0 Å². The summed E-state index contributed by atoms with van der Waals surface area (Å²) in [4.78, 5) is 19.9. The van der Waals surface area contributed by atoms with E-state index in [9.17, 15) is 9.18 Å². The minimum Gasteiger partial charge on any atom is -0.353 e. The highest BCUT2D eigenvalue weighted by Crippen LogP contribution is 2.18. The van der Waals surface area contributed by atoms with Crippen LogP contribution in [0.5, 0.6) is 0 Å². The van der Waals surface area contributed by atoms with E-state index in [0.29, 0.717) is 12.4 Å². The molecule has 0 aliphatic carbocycles. The van der Waals surface area contributed by atoms with Crippen molar-refractivity contribution < 1.29 is 9.18 Å². The summed E-state index contributed by atoms with van der Waals surface area (Å²) in [7, 11) is 0. The zero-order chi connectivity index (χ0) is 15.4. The number of nitrogens with one attached hydrogen (secondary N) is 1. The van der Waals surface area contributed by atoms with E-state index in [0.717, 1.165) is 19.6 Å². The van der Waals surface area contributed by atoms with Gasteiger partial charge >= 0.3 is 0 Å². The molecule has 0 saturated carbocycles. The molecule has 1 aromatic rings. The Kier molecular flexibility index (Phi) is 5.12. The van der Waals surface area contributed by atoms with Crippen LogP contribution in [0.15, 0.2) is 18.2 Å². The number of hydrogen-bond donors (Lipinski definition) is 1. The molecule has 0 spiro atoms. The van der Waals surface area contributed by atoms with Crippen LogP contribution in [-0.2, 0) is 4.79 Å². The third-order valence-electron chi connectivity index (χ3n) is 3.52. The van der Waals surface area contributed by atoms with Crippen molar-refractivity contribution >= 4 is 11.7 Å². The summed E-state index contributed by atoms with van der Waals surface area (Å²) in [6.45, 7) is 8.67. The molecule has 1 aliphatic heterocycles. The zero-order valence-corrected chi connectivity index (χ0v) is 12.8. The van der Waals surface area contributed by atoms with E-state index in [1.54, 1.807) is 6.07 Å². The van der Waals surface area contributed by atoms with Gasteiger partial charge < -0.3 is 10.2 Å². The van der Waals surface area contributed by atoms with Gasteiger partial charge in [-0.3, -0.25) is 9.69 Å². The maximum atomic E-state index is 13.2. The van der Waals surface area contributed by atoms with Crippen LogP contribution in [0, 0.1) is 5.95 Å². The first kappa shape index (κ1) is 15.7. The van der Waals surface area contributed by atoms with Crippen LogP contribution in [0.1, 0.15) is 20.8 Å². The highest BCUT2D eigenvalue weighted by Gasteiger charge is 2.26. The molecule has 0 radical (unpaired) electrons. The van der Waals surface area contributed by atoms with Crippen molar-refractivity contribution in [3.8, 4) is 0 Å². The van der Waals surface area contributed by atoms with Gasteiger partial charge in [-0.25, -0.2) is 4.98 Å². The molecule has 1 unspecified atom stereocenters. The normalized spacial score (nSPS) is 19.9. The molecule has 1 fully saturated rings. The van der Waals surface area contributed by atoms with E-state index in [-0.39, 0.29) is 18.0 Å². The van der Waals surface area contributed by atoms with Gasteiger partial charge in [0.1, 0.15) is 5.82 Å². The Morgan fingerprint density at radius 1 is 1.48 bits per heavy atom. The summed E-state index contributed by atoms with van der Waals surface area (Å²) < 4.78 is 13.2. The number of halogens is 1. The summed E-state index contributed by atoms with van der Waals surface area (Å²) in [6, 6.07) is 5.20. The predicted molar refractivity (Wildman–Crippen MR) is 80.7 cm³/mol. The Bertz CT molecular complexity index is 494. The van der Waals surface area contributed by atoms with Crippen LogP contribution < -0.4 is 10.2 Å². The first-order valence-electron chi connectivity index (χ1n) is 7.36. The Labute approximate surface area is 125 Å². The van der Waals surface area contributed by atoms with Gasteiger partial charge in [-0.1, -0.05) is 6.07 Å². The van der Waals surface area contributed by atoms with E-state index >= 15 is 0 Å². The van der Waals surface area contributed by atoms with Crippen molar-refractivity contribution in [2.24, 2.45) is 0 Å². The SMILES string of the molecule is CC(C)NC(=O)CN1CCN(c2cccc(F)n2)C(C)C1. The van der Waals surface area contributed by atoms with Crippen molar-refractivity contribution in [1.82, 2.24) is 15.2 Å². The molecule has 2 heterocycles. The van der Waals surface area contributed by atoms with Gasteiger partial charge in [0, 0.05) is 31.7 Å². The molecule has 2 rings (SSSR count). The monoisotopic (exact) mass is 294 g/mol. The smallest absolute Gasteiger partial charge is 0.234 e. The quantitative estimate of drug-likeness (QED) is 0.849. The Hall–Kier alpha value is -1.69. The molecule has 1 aromatic heterocycles. The number of hydrogen-bond acceptors (Lipinski definition) is 4. The molecular weight excluding hydrogens is 271 g/mol. The number of pyridine rings is 1. The van der Waals surface area contributed by atoms with E-state index in [4.69, 9.17) is 0 Å². The Morgan fingerprint density at radius 2 is 2.24 bits per heavy atom. The summed E-state index contributed by atoms with van der Waals surface area (Å²) in [5, 5.41) is 2.90. The van der Waals surface area contributed by atoms with Crippen molar-refractivity contribution in [2.45, 2.75) is 32.9 Å². The van der Waals surface area contributed by atoms with Crippen molar-refractivity contribution in [3.05, 3.63) is 24.1 Å². The van der Waals surface area contributed by atoms with Crippen molar-refractivity contribution in [1.29, 1.82) is 0 Å². The molecule has 1 atom stereocenters. The molecule has 1 aliphatic rings. The fourth-order valence-corrected chi connectivity index (χ4v) is 2.65. The standard InChI is InChI=1S/C15H23FN4O/c1-11(2)17-15(21)10-19-7-8-20(12(3)9-19)14-6-4-5-13(16)18-14/h4-6,11-12H,7-10H2,1-3H3,(H,17,21). The molecule has 0 bridgehead atoms. The van der Waals surface area contributed by atoms with Gasteiger partial charge in [-0.05, 0) is 32.9 Å². The number of rotatable bonds is 4. The third kappa shape index (κ3) is 4.39. The van der Waals surface area contributed by atoms with Gasteiger partial charge in [0.25, 0.3) is 0 Å². The number of anilines is 1. The second-order valence-corrected chi connectivity index (χ2v) is 5.82. The highest BCUT2D eigenvalue weighted by atomic mass is 19.1. The van der Waals surface area contributed by atoms with E-state index < -0.39 is 5.95 Å². The minimum atomic E-state index is -0.460. The van der Waals surface area contributed by atoms with Crippen LogP contribution in [0.3, 0.4) is 0 Å². The number of amides is 1. The lowest BCUT2D eigenvalue weighted by Gasteiger charge is -2.40. The van der Waals surface area contributed by atoms with E-state index in [1.165, 1.54) is 6.07 Å². The summed E-state index contributed by atoms with van der Waals surface area (Å²) in [5.41, 5.74) is 0. The van der Waals surface area contributed by atoms with Gasteiger partial charge in [-0.2, -0.15) is 4.39 Å². The molecule has 0 aromatic carbocycles. The number of nitrogens with zero attached hydrogens (tertiary/aromatic N) is 3. The summed E-state index contributed by atoms with van der Waals surface area (Å²) >= 11 is 0. The van der Waals surface area contributed by atoms with E-state index in [1.807, 2.05) is 19.9 Å². The lowest BCUT2D eigenvalue weighted by Crippen LogP contribution is -2.54. The lowest BCUT2D eigenvalue weighted by atomic mass is 10.2. The molecule has 1 N–H and O–H groups in total. The van der Waals surface area contributed by atoms with Crippen LogP contribution in [-0.4, -0.2) is 54.1 Å². The predicted octanol–water partition coefficient (Wildman–Crippen LogP) is 1.26. The lowest BCUT2D eigenvalue weighted by molar-refractivity contribution is -0.122. The zero-order valence-electron chi connectivity index (χ0n) is 12.8. The van der Waals surface area contributed by atoms with Crippen LogP contribution >= 0.6 is 0 Å². The minimum absolute atomic E-state index is 0.0505.